The number of hydrogen-bond donors (Lipinski definition) is 0. The Kier molecular flexibility index (Phi) is 4.99. The molecular formula is C20H22N4O. The van der Waals surface area contributed by atoms with Gasteiger partial charge >= 0.3 is 0 Å². The SMILES string of the molecule is CC(C)c1ccc(C(=O)N2CCN(c3ccc(C#N)cn3)CC2)cc1. The number of amides is 1. The lowest BCUT2D eigenvalue weighted by atomic mass is 10.0. The van der Waals surface area contributed by atoms with Crippen LogP contribution in [0, 0.1) is 11.3 Å². The summed E-state index contributed by atoms with van der Waals surface area (Å²) in [5, 5.41) is 8.84. The van der Waals surface area contributed by atoms with Crippen LogP contribution >= 0.6 is 0 Å². The van der Waals surface area contributed by atoms with Crippen LogP contribution in [-0.4, -0.2) is 42.0 Å². The molecule has 0 spiro atoms. The second kappa shape index (κ2) is 7.35. The van der Waals surface area contributed by atoms with E-state index in [9.17, 15) is 4.79 Å². The van der Waals surface area contributed by atoms with Gasteiger partial charge in [0.2, 0.25) is 0 Å². The summed E-state index contributed by atoms with van der Waals surface area (Å²) >= 11 is 0. The monoisotopic (exact) mass is 334 g/mol. The Labute approximate surface area is 148 Å². The summed E-state index contributed by atoms with van der Waals surface area (Å²) in [4.78, 5) is 21.0. The molecule has 0 bridgehead atoms. The van der Waals surface area contributed by atoms with Gasteiger partial charge in [0, 0.05) is 37.9 Å². The zero-order chi connectivity index (χ0) is 17.8. The Balaban J connectivity index is 1.61. The van der Waals surface area contributed by atoms with Gasteiger partial charge in [-0.25, -0.2) is 4.98 Å². The Morgan fingerprint density at radius 1 is 1.08 bits per heavy atom. The first-order valence-corrected chi connectivity index (χ1v) is 8.59. The summed E-state index contributed by atoms with van der Waals surface area (Å²) in [6.07, 6.45) is 1.59. The standard InChI is InChI=1S/C20H22N4O/c1-15(2)17-4-6-18(7-5-17)20(25)24-11-9-23(10-12-24)19-8-3-16(13-21)14-22-19/h3-8,14-15H,9-12H2,1-2H3. The Hall–Kier alpha value is -2.87. The lowest BCUT2D eigenvalue weighted by Gasteiger charge is -2.35. The number of anilines is 1. The second-order valence-electron chi connectivity index (χ2n) is 6.57. The zero-order valence-corrected chi connectivity index (χ0v) is 14.6. The van der Waals surface area contributed by atoms with Crippen molar-refractivity contribution >= 4 is 11.7 Å². The Bertz CT molecular complexity index is 767. The van der Waals surface area contributed by atoms with Gasteiger partial charge in [0.25, 0.3) is 5.91 Å². The van der Waals surface area contributed by atoms with Gasteiger partial charge in [0.15, 0.2) is 0 Å². The van der Waals surface area contributed by atoms with Crippen LogP contribution < -0.4 is 4.90 Å². The van der Waals surface area contributed by atoms with Crippen molar-refractivity contribution in [3.05, 3.63) is 59.3 Å². The highest BCUT2D eigenvalue weighted by Crippen LogP contribution is 2.18. The number of carbonyl (C=O) groups is 1. The molecule has 128 valence electrons. The highest BCUT2D eigenvalue weighted by Gasteiger charge is 2.22. The minimum Gasteiger partial charge on any atom is -0.353 e. The minimum absolute atomic E-state index is 0.0859. The van der Waals surface area contributed by atoms with E-state index < -0.39 is 0 Å². The summed E-state index contributed by atoms with van der Waals surface area (Å²) < 4.78 is 0. The van der Waals surface area contributed by atoms with Crippen molar-refractivity contribution in [3.63, 3.8) is 0 Å². The third-order valence-corrected chi connectivity index (χ3v) is 4.59. The number of rotatable bonds is 3. The van der Waals surface area contributed by atoms with Crippen LogP contribution in [-0.2, 0) is 0 Å². The number of hydrogen-bond acceptors (Lipinski definition) is 4. The molecule has 2 aromatic rings. The van der Waals surface area contributed by atoms with Crippen LogP contribution in [0.25, 0.3) is 0 Å². The summed E-state index contributed by atoms with van der Waals surface area (Å²) in [6, 6.07) is 13.6. The van der Waals surface area contributed by atoms with E-state index >= 15 is 0 Å². The van der Waals surface area contributed by atoms with Crippen molar-refractivity contribution in [3.8, 4) is 6.07 Å². The van der Waals surface area contributed by atoms with Crippen molar-refractivity contribution < 1.29 is 4.79 Å². The number of aromatic nitrogens is 1. The van der Waals surface area contributed by atoms with Crippen LogP contribution in [0.1, 0.15) is 41.3 Å². The summed E-state index contributed by atoms with van der Waals surface area (Å²) in [5.41, 5.74) is 2.55. The highest BCUT2D eigenvalue weighted by molar-refractivity contribution is 5.94. The fraction of sp³-hybridized carbons (Fsp3) is 0.350. The number of carbonyl (C=O) groups excluding carboxylic acids is 1. The van der Waals surface area contributed by atoms with Gasteiger partial charge in [0.1, 0.15) is 11.9 Å². The predicted molar refractivity (Wildman–Crippen MR) is 97.6 cm³/mol. The van der Waals surface area contributed by atoms with Gasteiger partial charge in [0.05, 0.1) is 5.56 Å². The van der Waals surface area contributed by atoms with Crippen molar-refractivity contribution in [2.45, 2.75) is 19.8 Å². The molecule has 1 saturated heterocycles. The number of nitrogens with zero attached hydrogens (tertiary/aromatic N) is 4. The molecule has 1 aromatic carbocycles. The molecule has 0 saturated carbocycles. The quantitative estimate of drug-likeness (QED) is 0.865. The molecule has 0 N–H and O–H groups in total. The topological polar surface area (TPSA) is 60.2 Å². The van der Waals surface area contributed by atoms with Crippen LogP contribution in [0.15, 0.2) is 42.6 Å². The van der Waals surface area contributed by atoms with E-state index in [0.717, 1.165) is 24.5 Å². The molecule has 25 heavy (non-hydrogen) atoms. The van der Waals surface area contributed by atoms with Crippen molar-refractivity contribution in [2.24, 2.45) is 0 Å². The van der Waals surface area contributed by atoms with Crippen LogP contribution in [0.5, 0.6) is 0 Å². The second-order valence-corrected chi connectivity index (χ2v) is 6.57. The molecule has 3 rings (SSSR count). The van der Waals surface area contributed by atoms with E-state index in [-0.39, 0.29) is 5.91 Å². The van der Waals surface area contributed by atoms with Gasteiger partial charge in [-0.3, -0.25) is 4.79 Å². The normalized spacial score (nSPS) is 14.5. The first-order valence-electron chi connectivity index (χ1n) is 8.59. The largest absolute Gasteiger partial charge is 0.353 e. The Morgan fingerprint density at radius 3 is 2.28 bits per heavy atom. The van der Waals surface area contributed by atoms with Crippen LogP contribution in [0.4, 0.5) is 5.82 Å². The van der Waals surface area contributed by atoms with E-state index in [1.54, 1.807) is 12.3 Å². The molecule has 1 fully saturated rings. The molecule has 2 heterocycles. The smallest absolute Gasteiger partial charge is 0.253 e. The lowest BCUT2D eigenvalue weighted by molar-refractivity contribution is 0.0746. The predicted octanol–water partition coefficient (Wildman–Crippen LogP) is 3.04. The fourth-order valence-corrected chi connectivity index (χ4v) is 2.97. The van der Waals surface area contributed by atoms with E-state index in [1.165, 1.54) is 5.56 Å². The summed E-state index contributed by atoms with van der Waals surface area (Å²) in [7, 11) is 0. The maximum atomic E-state index is 12.7. The first kappa shape index (κ1) is 17.0. The van der Waals surface area contributed by atoms with Gasteiger partial charge in [-0.2, -0.15) is 5.26 Å². The number of benzene rings is 1. The molecule has 0 atom stereocenters. The number of piperazine rings is 1. The van der Waals surface area contributed by atoms with Crippen LogP contribution in [0.2, 0.25) is 0 Å². The molecule has 0 aliphatic carbocycles. The maximum absolute atomic E-state index is 12.7. The minimum atomic E-state index is 0.0859. The average Bonchev–Trinajstić information content (AvgIpc) is 2.67. The molecule has 5 heteroatoms. The first-order chi connectivity index (χ1) is 12.1. The summed E-state index contributed by atoms with van der Waals surface area (Å²) in [6.45, 7) is 7.13. The number of pyridine rings is 1. The molecule has 1 amide bonds. The lowest BCUT2D eigenvalue weighted by Crippen LogP contribution is -2.49. The van der Waals surface area contributed by atoms with Crippen molar-refractivity contribution in [1.29, 1.82) is 5.26 Å². The Morgan fingerprint density at radius 2 is 1.76 bits per heavy atom. The van der Waals surface area contributed by atoms with Crippen molar-refractivity contribution in [1.82, 2.24) is 9.88 Å². The van der Waals surface area contributed by atoms with Gasteiger partial charge in [-0.05, 0) is 35.7 Å². The van der Waals surface area contributed by atoms with E-state index in [1.807, 2.05) is 35.2 Å². The third kappa shape index (κ3) is 3.80. The van der Waals surface area contributed by atoms with E-state index in [2.05, 4.69) is 29.8 Å². The van der Waals surface area contributed by atoms with Crippen molar-refractivity contribution in [2.75, 3.05) is 31.1 Å². The van der Waals surface area contributed by atoms with Gasteiger partial charge in [-0.1, -0.05) is 26.0 Å². The summed E-state index contributed by atoms with van der Waals surface area (Å²) in [5.74, 6) is 1.41. The van der Waals surface area contributed by atoms with E-state index in [4.69, 9.17) is 5.26 Å². The number of nitriles is 1. The fourth-order valence-electron chi connectivity index (χ4n) is 2.97. The van der Waals surface area contributed by atoms with Gasteiger partial charge in [-0.15, -0.1) is 0 Å². The van der Waals surface area contributed by atoms with Crippen LogP contribution in [0.3, 0.4) is 0 Å². The third-order valence-electron chi connectivity index (χ3n) is 4.59. The molecular weight excluding hydrogens is 312 g/mol. The molecule has 0 unspecified atom stereocenters. The molecule has 5 nitrogen and oxygen atoms in total. The average molecular weight is 334 g/mol. The maximum Gasteiger partial charge on any atom is 0.253 e. The van der Waals surface area contributed by atoms with Gasteiger partial charge < -0.3 is 9.80 Å². The molecule has 1 aliphatic rings. The van der Waals surface area contributed by atoms with E-state index in [0.29, 0.717) is 24.6 Å². The molecule has 0 radical (unpaired) electrons. The highest BCUT2D eigenvalue weighted by atomic mass is 16.2. The zero-order valence-electron chi connectivity index (χ0n) is 14.6. The molecule has 1 aromatic heterocycles. The molecule has 1 aliphatic heterocycles.